The van der Waals surface area contributed by atoms with E-state index in [0.29, 0.717) is 28.5 Å². The third kappa shape index (κ3) is 8.24. The van der Waals surface area contributed by atoms with Gasteiger partial charge in [-0.2, -0.15) is 0 Å². The molecule has 0 atom stereocenters. The van der Waals surface area contributed by atoms with Crippen LogP contribution in [0.3, 0.4) is 0 Å². The highest BCUT2D eigenvalue weighted by molar-refractivity contribution is 5.96. The minimum absolute atomic E-state index is 0.0901. The van der Waals surface area contributed by atoms with Crippen molar-refractivity contribution in [3.63, 3.8) is 0 Å². The highest BCUT2D eigenvalue weighted by Crippen LogP contribution is 2.01. The fourth-order valence-corrected chi connectivity index (χ4v) is 1.85. The van der Waals surface area contributed by atoms with E-state index in [1.165, 1.54) is 14.0 Å². The van der Waals surface area contributed by atoms with Crippen molar-refractivity contribution in [3.05, 3.63) is 59.2 Å². The molecule has 0 saturated carbocycles. The second-order valence-electron chi connectivity index (χ2n) is 5.15. The maximum absolute atomic E-state index is 10.9. The van der Waals surface area contributed by atoms with E-state index >= 15 is 0 Å². The summed E-state index contributed by atoms with van der Waals surface area (Å²) < 4.78 is 0. The van der Waals surface area contributed by atoms with Gasteiger partial charge in [0.25, 0.3) is 0 Å². The molecule has 28 heavy (non-hydrogen) atoms. The summed E-state index contributed by atoms with van der Waals surface area (Å²) in [6, 6.07) is 10.5. The molecule has 2 rings (SSSR count). The molecule has 0 aliphatic carbocycles. The van der Waals surface area contributed by atoms with E-state index in [2.05, 4.69) is 43.6 Å². The number of aliphatic hydroxyl groups excluding tert-OH is 2. The fraction of sp³-hybridized carbons (Fsp3) is 0.238. The van der Waals surface area contributed by atoms with Crippen molar-refractivity contribution in [2.75, 3.05) is 20.3 Å². The smallest absolute Gasteiger partial charge is 0.178 e. The van der Waals surface area contributed by atoms with Crippen LogP contribution < -0.4 is 0 Å². The first-order valence-corrected chi connectivity index (χ1v) is 8.24. The Morgan fingerprint density at radius 1 is 0.964 bits per heavy atom. The van der Waals surface area contributed by atoms with Crippen molar-refractivity contribution in [1.29, 1.82) is 0 Å². The first kappa shape index (κ1) is 22.5. The van der Waals surface area contributed by atoms with Crippen molar-refractivity contribution in [3.8, 4) is 23.7 Å². The lowest BCUT2D eigenvalue weighted by Crippen LogP contribution is -2.00. The summed E-state index contributed by atoms with van der Waals surface area (Å²) in [6.07, 6.45) is 0. The summed E-state index contributed by atoms with van der Waals surface area (Å²) >= 11 is 0. The molecule has 0 spiro atoms. The normalized spacial score (nSPS) is 9.68. The molecule has 0 bridgehead atoms. The number of oxime groups is 1. The van der Waals surface area contributed by atoms with E-state index in [4.69, 9.17) is 10.2 Å². The van der Waals surface area contributed by atoms with Gasteiger partial charge >= 0.3 is 0 Å². The number of hydrogen-bond donors (Lipinski definition) is 2. The van der Waals surface area contributed by atoms with Gasteiger partial charge in [-0.1, -0.05) is 29.1 Å². The average molecular weight is 379 g/mol. The zero-order valence-electron chi connectivity index (χ0n) is 15.9. The van der Waals surface area contributed by atoms with E-state index in [1.54, 1.807) is 31.2 Å². The van der Waals surface area contributed by atoms with Crippen LogP contribution in [-0.4, -0.2) is 52.0 Å². The molecule has 2 N–H and O–H groups in total. The van der Waals surface area contributed by atoms with Crippen LogP contribution in [0.15, 0.2) is 41.6 Å². The lowest BCUT2D eigenvalue weighted by Gasteiger charge is -1.98. The SMILES string of the molecule is CC(=O)c1cccc(C#CCO)n1.CO/N=C(\C)c1cccc(C#CCO)n1. The maximum atomic E-state index is 10.9. The van der Waals surface area contributed by atoms with Crippen LogP contribution >= 0.6 is 0 Å². The molecule has 7 heteroatoms. The Hall–Kier alpha value is -3.52. The van der Waals surface area contributed by atoms with Gasteiger partial charge in [-0.3, -0.25) is 4.79 Å². The first-order valence-electron chi connectivity index (χ1n) is 8.24. The van der Waals surface area contributed by atoms with Gasteiger partial charge in [0.05, 0.1) is 5.69 Å². The summed E-state index contributed by atoms with van der Waals surface area (Å²) in [4.78, 5) is 23.8. The van der Waals surface area contributed by atoms with Crippen LogP contribution in [0.25, 0.3) is 0 Å². The molecule has 0 radical (unpaired) electrons. The number of pyridine rings is 2. The van der Waals surface area contributed by atoms with Gasteiger partial charge in [0.2, 0.25) is 0 Å². The predicted molar refractivity (Wildman–Crippen MR) is 106 cm³/mol. The van der Waals surface area contributed by atoms with Crippen molar-refractivity contribution in [2.45, 2.75) is 13.8 Å². The second-order valence-corrected chi connectivity index (χ2v) is 5.15. The van der Waals surface area contributed by atoms with Gasteiger partial charge in [-0.15, -0.1) is 0 Å². The van der Waals surface area contributed by atoms with Crippen LogP contribution in [0.1, 0.15) is 41.4 Å². The van der Waals surface area contributed by atoms with E-state index in [1.807, 2.05) is 12.1 Å². The third-order valence-corrected chi connectivity index (χ3v) is 3.05. The quantitative estimate of drug-likeness (QED) is 0.362. The first-order chi connectivity index (χ1) is 13.5. The largest absolute Gasteiger partial charge is 0.399 e. The Bertz CT molecular complexity index is 947. The number of aliphatic hydroxyl groups is 2. The number of carbonyl (C=O) groups excluding carboxylic acids is 1. The number of carbonyl (C=O) groups is 1. The molecule has 0 fully saturated rings. The molecule has 2 aromatic rings. The number of aromatic nitrogens is 2. The molecule has 7 nitrogen and oxygen atoms in total. The van der Waals surface area contributed by atoms with E-state index in [9.17, 15) is 4.79 Å². The predicted octanol–water partition coefficient (Wildman–Crippen LogP) is 1.42. The minimum Gasteiger partial charge on any atom is -0.399 e. The van der Waals surface area contributed by atoms with Crippen LogP contribution in [0, 0.1) is 23.7 Å². The van der Waals surface area contributed by atoms with Crippen LogP contribution in [0.5, 0.6) is 0 Å². The van der Waals surface area contributed by atoms with Gasteiger partial charge < -0.3 is 15.1 Å². The van der Waals surface area contributed by atoms with Gasteiger partial charge in [-0.05, 0) is 43.0 Å². The Kier molecular flexibility index (Phi) is 10.3. The molecular weight excluding hydrogens is 358 g/mol. The molecule has 0 aliphatic rings. The third-order valence-electron chi connectivity index (χ3n) is 3.05. The number of nitrogens with zero attached hydrogens (tertiary/aromatic N) is 3. The highest BCUT2D eigenvalue weighted by atomic mass is 16.6. The number of ketones is 1. The monoisotopic (exact) mass is 379 g/mol. The van der Waals surface area contributed by atoms with E-state index in [0.717, 1.165) is 0 Å². The number of hydrogen-bond acceptors (Lipinski definition) is 7. The molecule has 0 aliphatic heterocycles. The molecule has 0 saturated heterocycles. The van der Waals surface area contributed by atoms with E-state index in [-0.39, 0.29) is 19.0 Å². The zero-order chi connectivity index (χ0) is 20.8. The molecule has 0 unspecified atom stereocenters. The standard InChI is InChI=1S/C11H12N2O2.C10H9NO2/c1-9(13-15-2)11-7-3-5-10(12-11)6-4-8-14;1-8(13)10-6-2-4-9(11-10)5-3-7-12/h3,5,7,14H,8H2,1-2H3;2,4,6,12H,7H2,1H3/b13-9+;. The van der Waals surface area contributed by atoms with Gasteiger partial charge in [0, 0.05) is 6.92 Å². The lowest BCUT2D eigenvalue weighted by molar-refractivity contribution is 0.101. The fourth-order valence-electron chi connectivity index (χ4n) is 1.85. The van der Waals surface area contributed by atoms with Gasteiger partial charge in [0.1, 0.15) is 43.1 Å². The summed E-state index contributed by atoms with van der Waals surface area (Å²) in [5.74, 6) is 10.3. The maximum Gasteiger partial charge on any atom is 0.178 e. The second kappa shape index (κ2) is 12.8. The molecule has 0 amide bonds. The van der Waals surface area contributed by atoms with Crippen LogP contribution in [0.4, 0.5) is 0 Å². The molecule has 144 valence electrons. The molecule has 2 aromatic heterocycles. The van der Waals surface area contributed by atoms with Crippen molar-refractivity contribution in [2.24, 2.45) is 5.16 Å². The Morgan fingerprint density at radius 2 is 1.46 bits per heavy atom. The van der Waals surface area contributed by atoms with Crippen molar-refractivity contribution < 1.29 is 19.8 Å². The molecular formula is C21H21N3O4. The Morgan fingerprint density at radius 3 is 1.93 bits per heavy atom. The minimum atomic E-state index is -0.202. The van der Waals surface area contributed by atoms with Gasteiger partial charge in [0.15, 0.2) is 5.78 Å². The summed E-state index contributed by atoms with van der Waals surface area (Å²) in [6.45, 7) is 2.88. The van der Waals surface area contributed by atoms with E-state index < -0.39 is 0 Å². The molecule has 2 heterocycles. The molecule has 0 aromatic carbocycles. The number of Topliss-reactive ketones (excluding diaryl/α,β-unsaturated/α-hetero) is 1. The van der Waals surface area contributed by atoms with Gasteiger partial charge in [-0.25, -0.2) is 9.97 Å². The summed E-state index contributed by atoms with van der Waals surface area (Å²) in [7, 11) is 1.49. The van der Waals surface area contributed by atoms with Crippen molar-refractivity contribution >= 4 is 11.5 Å². The summed E-state index contributed by atoms with van der Waals surface area (Å²) in [5, 5.41) is 20.8. The Labute approximate surface area is 164 Å². The zero-order valence-corrected chi connectivity index (χ0v) is 15.9. The average Bonchev–Trinajstić information content (AvgIpc) is 2.71. The highest BCUT2D eigenvalue weighted by Gasteiger charge is 2.00. The van der Waals surface area contributed by atoms with Crippen LogP contribution in [-0.2, 0) is 4.84 Å². The number of rotatable bonds is 3. The lowest BCUT2D eigenvalue weighted by atomic mass is 10.2. The van der Waals surface area contributed by atoms with Crippen LogP contribution in [0.2, 0.25) is 0 Å². The Balaban J connectivity index is 0.000000283. The van der Waals surface area contributed by atoms with Crippen molar-refractivity contribution in [1.82, 2.24) is 9.97 Å². The summed E-state index contributed by atoms with van der Waals surface area (Å²) in [5.41, 5.74) is 2.89. The topological polar surface area (TPSA) is 105 Å².